The molecule has 42 heavy (non-hydrogen) atoms. The van der Waals surface area contributed by atoms with Gasteiger partial charge in [0.05, 0.1) is 6.42 Å². The molecule has 0 aromatic rings. The fourth-order valence-electron chi connectivity index (χ4n) is 5.53. The first-order valence-electron chi connectivity index (χ1n) is 15.2. The van der Waals surface area contributed by atoms with Crippen molar-refractivity contribution in [3.8, 4) is 0 Å². The lowest BCUT2D eigenvalue weighted by molar-refractivity contribution is -0.162. The van der Waals surface area contributed by atoms with Crippen LogP contribution in [0.4, 0.5) is 0 Å². The molecule has 5 amide bonds. The average Bonchev–Trinajstić information content (AvgIpc) is 3.42. The van der Waals surface area contributed by atoms with E-state index in [0.29, 0.717) is 25.8 Å². The van der Waals surface area contributed by atoms with Gasteiger partial charge in [0.15, 0.2) is 6.10 Å². The Balaban J connectivity index is 2.54. The number of nitrogens with one attached hydrogen (secondary N) is 2. The second-order valence-electron chi connectivity index (χ2n) is 12.5. The largest absolute Gasteiger partial charge is 0.452 e. The zero-order chi connectivity index (χ0) is 31.9. The Morgan fingerprint density at radius 1 is 0.905 bits per heavy atom. The Morgan fingerprint density at radius 3 is 2.12 bits per heavy atom. The highest BCUT2D eigenvalue weighted by molar-refractivity contribution is 5.96. The molecule has 2 rings (SSSR count). The Hall–Kier alpha value is -3.18. The van der Waals surface area contributed by atoms with Gasteiger partial charge < -0.3 is 30.1 Å². The summed E-state index contributed by atoms with van der Waals surface area (Å²) < 4.78 is 5.59. The summed E-state index contributed by atoms with van der Waals surface area (Å²) in [5.74, 6) is -3.36. The van der Waals surface area contributed by atoms with Crippen molar-refractivity contribution in [3.05, 3.63) is 0 Å². The van der Waals surface area contributed by atoms with Crippen molar-refractivity contribution < 1.29 is 33.5 Å². The summed E-state index contributed by atoms with van der Waals surface area (Å²) in [4.78, 5) is 84.6. The molecule has 0 spiro atoms. The minimum Gasteiger partial charge on any atom is -0.452 e. The predicted molar refractivity (Wildman–Crippen MR) is 157 cm³/mol. The van der Waals surface area contributed by atoms with Crippen LogP contribution in [0.2, 0.25) is 0 Å². The molecule has 2 fully saturated rings. The van der Waals surface area contributed by atoms with Gasteiger partial charge in [-0.05, 0) is 43.9 Å². The first-order chi connectivity index (χ1) is 19.6. The van der Waals surface area contributed by atoms with Crippen molar-refractivity contribution in [3.63, 3.8) is 0 Å². The second kappa shape index (κ2) is 15.3. The van der Waals surface area contributed by atoms with Crippen LogP contribution in [0.25, 0.3) is 0 Å². The molecule has 0 bridgehead atoms. The first-order valence-corrected chi connectivity index (χ1v) is 15.2. The lowest BCUT2D eigenvalue weighted by atomic mass is 9.94. The van der Waals surface area contributed by atoms with Crippen molar-refractivity contribution in [1.29, 1.82) is 0 Å². The minimum absolute atomic E-state index is 0.0358. The van der Waals surface area contributed by atoms with Crippen LogP contribution in [0.5, 0.6) is 0 Å². The lowest BCUT2D eigenvalue weighted by Crippen LogP contribution is -2.60. The van der Waals surface area contributed by atoms with E-state index in [1.165, 1.54) is 21.7 Å². The summed E-state index contributed by atoms with van der Waals surface area (Å²) in [5, 5.41) is 5.57. The van der Waals surface area contributed by atoms with Crippen LogP contribution < -0.4 is 10.6 Å². The highest BCUT2D eigenvalue weighted by Crippen LogP contribution is 2.24. The number of hydrogen-bond acceptors (Lipinski definition) is 7. The van der Waals surface area contributed by atoms with Gasteiger partial charge in [-0.15, -0.1) is 0 Å². The number of cyclic esters (lactones) is 1. The molecule has 0 aromatic carbocycles. The number of rotatable bonds is 5. The number of likely N-dealkylation sites (N-methyl/N-ethyl adjacent to an activating group) is 2. The molecule has 12 nitrogen and oxygen atoms in total. The third kappa shape index (κ3) is 8.44. The van der Waals surface area contributed by atoms with Gasteiger partial charge in [-0.1, -0.05) is 48.0 Å². The fraction of sp³-hybridized carbons (Fsp3) is 0.800. The van der Waals surface area contributed by atoms with Gasteiger partial charge in [0, 0.05) is 27.2 Å². The maximum Gasteiger partial charge on any atom is 0.308 e. The Kier molecular flexibility index (Phi) is 12.8. The smallest absolute Gasteiger partial charge is 0.308 e. The zero-order valence-electron chi connectivity index (χ0n) is 26.8. The molecule has 238 valence electrons. The van der Waals surface area contributed by atoms with Crippen LogP contribution in [0.3, 0.4) is 0 Å². The van der Waals surface area contributed by atoms with E-state index in [1.807, 2.05) is 41.5 Å². The maximum atomic E-state index is 13.9. The predicted octanol–water partition coefficient (Wildman–Crippen LogP) is 1.32. The van der Waals surface area contributed by atoms with E-state index in [4.69, 9.17) is 4.74 Å². The van der Waals surface area contributed by atoms with E-state index in [9.17, 15) is 28.8 Å². The zero-order valence-corrected chi connectivity index (χ0v) is 26.8. The molecule has 2 aliphatic rings. The highest BCUT2D eigenvalue weighted by atomic mass is 16.5. The Morgan fingerprint density at radius 2 is 1.55 bits per heavy atom. The Bertz CT molecular complexity index is 1020. The van der Waals surface area contributed by atoms with E-state index in [2.05, 4.69) is 10.6 Å². The van der Waals surface area contributed by atoms with Gasteiger partial charge in [0.1, 0.15) is 24.2 Å². The van der Waals surface area contributed by atoms with Gasteiger partial charge in [0.25, 0.3) is 5.91 Å². The number of ether oxygens (including phenoxy) is 1. The van der Waals surface area contributed by atoms with E-state index >= 15 is 0 Å². The normalized spacial score (nSPS) is 28.6. The third-order valence-corrected chi connectivity index (χ3v) is 8.44. The molecule has 0 saturated carbocycles. The highest BCUT2D eigenvalue weighted by Gasteiger charge is 2.42. The van der Waals surface area contributed by atoms with Crippen LogP contribution in [0.15, 0.2) is 0 Å². The fourth-order valence-corrected chi connectivity index (χ4v) is 5.53. The van der Waals surface area contributed by atoms with Crippen molar-refractivity contribution in [1.82, 2.24) is 25.3 Å². The first kappa shape index (κ1) is 35.0. The molecule has 2 heterocycles. The summed E-state index contributed by atoms with van der Waals surface area (Å²) in [6, 6.07) is -3.52. The number of carbonyl (C=O) groups is 6. The number of nitrogens with zero attached hydrogens (tertiary/aromatic N) is 3. The molecule has 2 N–H and O–H groups in total. The number of amides is 5. The van der Waals surface area contributed by atoms with Crippen molar-refractivity contribution in [2.45, 2.75) is 111 Å². The van der Waals surface area contributed by atoms with Crippen LogP contribution in [-0.2, 0) is 33.5 Å². The summed E-state index contributed by atoms with van der Waals surface area (Å²) in [5.41, 5.74) is 0. The molecular weight excluding hydrogens is 542 g/mol. The van der Waals surface area contributed by atoms with Gasteiger partial charge in [-0.25, -0.2) is 0 Å². The lowest BCUT2D eigenvalue weighted by Gasteiger charge is -2.38. The molecule has 12 heteroatoms. The number of carbonyl (C=O) groups excluding carboxylic acids is 6. The number of esters is 1. The molecule has 2 aliphatic heterocycles. The van der Waals surface area contributed by atoms with Crippen LogP contribution in [0, 0.1) is 17.8 Å². The van der Waals surface area contributed by atoms with Gasteiger partial charge in [-0.3, -0.25) is 28.8 Å². The molecule has 2 saturated heterocycles. The monoisotopic (exact) mass is 593 g/mol. The number of fused-ring (bicyclic) bond motifs is 1. The summed E-state index contributed by atoms with van der Waals surface area (Å²) in [6.07, 6.45) is 0.636. The van der Waals surface area contributed by atoms with E-state index in [1.54, 1.807) is 14.0 Å². The quantitative estimate of drug-likeness (QED) is 0.457. The average molecular weight is 594 g/mol. The molecule has 0 radical (unpaired) electrons. The minimum atomic E-state index is -1.07. The van der Waals surface area contributed by atoms with Crippen LogP contribution >= 0.6 is 0 Å². The maximum absolute atomic E-state index is 13.9. The molecule has 0 aromatic heterocycles. The van der Waals surface area contributed by atoms with Gasteiger partial charge in [-0.2, -0.15) is 0 Å². The summed E-state index contributed by atoms with van der Waals surface area (Å²) >= 11 is 0. The van der Waals surface area contributed by atoms with Gasteiger partial charge in [0.2, 0.25) is 23.6 Å². The molecule has 6 atom stereocenters. The topological polar surface area (TPSA) is 145 Å². The van der Waals surface area contributed by atoms with E-state index in [-0.39, 0.29) is 37.1 Å². The van der Waals surface area contributed by atoms with Crippen LogP contribution in [0.1, 0.15) is 80.6 Å². The van der Waals surface area contributed by atoms with Crippen molar-refractivity contribution >= 4 is 35.5 Å². The molecule has 0 aliphatic carbocycles. The second-order valence-corrected chi connectivity index (χ2v) is 12.5. The van der Waals surface area contributed by atoms with E-state index in [0.717, 1.165) is 0 Å². The SMILES string of the molecule is CC[C@@H](C)[C@@H]1NC(=O)[C@H]2CCCN2C(=O)[C@@H](CC(C)C)OC(=O)CCNC(=O)[C@H](C)N(C)C(=O)[C@H](C(C)C)N(C)C1=O. The Labute approximate surface area is 250 Å². The summed E-state index contributed by atoms with van der Waals surface area (Å²) in [6.45, 7) is 13.1. The van der Waals surface area contributed by atoms with Gasteiger partial charge >= 0.3 is 5.97 Å². The van der Waals surface area contributed by atoms with Crippen molar-refractivity contribution in [2.75, 3.05) is 27.2 Å². The standard InChI is InChI=1S/C30H51N5O7/c1-10-19(6)24-29(40)34(9)25(18(4)5)30(41)33(8)20(7)26(37)31-14-13-23(36)42-22(16-17(2)3)28(39)35-15-11-12-21(35)27(38)32-24/h17-22,24-25H,10-16H2,1-9H3,(H,31,37)(H,32,38)/t19-,20+,21-,22-,24+,25+/m1/s1. The van der Waals surface area contributed by atoms with Crippen LogP contribution in [-0.4, -0.2) is 108 Å². The van der Waals surface area contributed by atoms with Crippen molar-refractivity contribution in [2.24, 2.45) is 17.8 Å². The third-order valence-electron chi connectivity index (χ3n) is 8.44. The summed E-state index contributed by atoms with van der Waals surface area (Å²) in [7, 11) is 3.04. The van der Waals surface area contributed by atoms with E-state index < -0.39 is 65.8 Å². The molecular formula is C30H51N5O7. The molecule has 0 unspecified atom stereocenters. The number of hydrogen-bond donors (Lipinski definition) is 2.